The van der Waals surface area contributed by atoms with Gasteiger partial charge >= 0.3 is 0 Å². The van der Waals surface area contributed by atoms with E-state index >= 15 is 0 Å². The highest BCUT2D eigenvalue weighted by Crippen LogP contribution is 2.41. The summed E-state index contributed by atoms with van der Waals surface area (Å²) in [7, 11) is 0. The highest BCUT2D eigenvalue weighted by Gasteiger charge is 2.21. The number of hydrogen-bond donors (Lipinski definition) is 1. The zero-order valence-corrected chi connectivity index (χ0v) is 13.0. The predicted molar refractivity (Wildman–Crippen MR) is 84.5 cm³/mol. The summed E-state index contributed by atoms with van der Waals surface area (Å²) in [5.41, 5.74) is 7.25. The largest absolute Gasteiger partial charge is 0.380 e. The average molecular weight is 368 g/mol. The molecule has 0 spiro atoms. The molecule has 2 aromatic carbocycles. The number of halogens is 3. The molecule has 2 N–H and O–H groups in total. The van der Waals surface area contributed by atoms with Crippen molar-refractivity contribution in [2.45, 2.75) is 0 Å². The molecule has 1 aromatic heterocycles. The molecular formula is C15H9BrClFN2O. The molecule has 0 saturated heterocycles. The zero-order chi connectivity index (χ0) is 15.0. The Labute approximate surface area is 133 Å². The molecule has 0 atom stereocenters. The van der Waals surface area contributed by atoms with E-state index in [-0.39, 0.29) is 5.82 Å². The second kappa shape index (κ2) is 5.50. The summed E-state index contributed by atoms with van der Waals surface area (Å²) < 4.78 is 20.1. The molecule has 0 aliphatic carbocycles. The Bertz CT molecular complexity index is 819. The SMILES string of the molecule is Nc1noc(-c2cc(Cl)ccc2Br)c1-c1ccccc1F. The molecule has 6 heteroatoms. The summed E-state index contributed by atoms with van der Waals surface area (Å²) >= 11 is 9.44. The molecule has 0 unspecified atom stereocenters. The van der Waals surface area contributed by atoms with E-state index in [1.54, 1.807) is 36.4 Å². The quantitative estimate of drug-likeness (QED) is 0.682. The fourth-order valence-corrected chi connectivity index (χ4v) is 2.68. The van der Waals surface area contributed by atoms with Crippen LogP contribution in [0.1, 0.15) is 0 Å². The summed E-state index contributed by atoms with van der Waals surface area (Å²) in [6, 6.07) is 11.5. The maximum absolute atomic E-state index is 14.0. The molecule has 0 fully saturated rings. The van der Waals surface area contributed by atoms with Crippen molar-refractivity contribution < 1.29 is 8.91 Å². The van der Waals surface area contributed by atoms with Crippen LogP contribution in [0, 0.1) is 5.82 Å². The Morgan fingerprint density at radius 3 is 2.67 bits per heavy atom. The van der Waals surface area contributed by atoms with Gasteiger partial charge in [0, 0.05) is 20.6 Å². The van der Waals surface area contributed by atoms with Crippen LogP contribution in [0.3, 0.4) is 0 Å². The molecule has 3 rings (SSSR count). The fraction of sp³-hybridized carbons (Fsp3) is 0. The van der Waals surface area contributed by atoms with Crippen LogP contribution in [0.25, 0.3) is 22.5 Å². The summed E-state index contributed by atoms with van der Waals surface area (Å²) in [5, 5.41) is 4.28. The third-order valence-corrected chi connectivity index (χ3v) is 3.96. The molecule has 0 aliphatic rings. The van der Waals surface area contributed by atoms with E-state index in [4.69, 9.17) is 21.9 Å². The molecule has 21 heavy (non-hydrogen) atoms. The lowest BCUT2D eigenvalue weighted by Gasteiger charge is -2.06. The number of anilines is 1. The zero-order valence-electron chi connectivity index (χ0n) is 10.6. The number of benzene rings is 2. The average Bonchev–Trinajstić information content (AvgIpc) is 2.84. The maximum Gasteiger partial charge on any atom is 0.178 e. The molecule has 3 aromatic rings. The van der Waals surface area contributed by atoms with Gasteiger partial charge in [0.2, 0.25) is 0 Å². The standard InChI is InChI=1S/C15H9BrClFN2O/c16-11-6-5-8(17)7-10(11)14-13(15(19)20-21-14)9-3-1-2-4-12(9)18/h1-7H,(H2,19,20). The first-order chi connectivity index (χ1) is 10.1. The normalized spacial score (nSPS) is 10.8. The van der Waals surface area contributed by atoms with Gasteiger partial charge in [-0.05, 0) is 24.3 Å². The van der Waals surface area contributed by atoms with Gasteiger partial charge in [-0.25, -0.2) is 4.39 Å². The second-order valence-electron chi connectivity index (χ2n) is 4.38. The van der Waals surface area contributed by atoms with E-state index in [1.807, 2.05) is 0 Å². The van der Waals surface area contributed by atoms with E-state index in [2.05, 4.69) is 21.1 Å². The van der Waals surface area contributed by atoms with Crippen molar-refractivity contribution in [3.05, 3.63) is 57.8 Å². The third-order valence-electron chi connectivity index (χ3n) is 3.03. The first kappa shape index (κ1) is 14.1. The lowest BCUT2D eigenvalue weighted by atomic mass is 10.0. The molecule has 3 nitrogen and oxygen atoms in total. The first-order valence-electron chi connectivity index (χ1n) is 6.03. The van der Waals surface area contributed by atoms with Gasteiger partial charge in [-0.2, -0.15) is 0 Å². The third kappa shape index (κ3) is 2.54. The van der Waals surface area contributed by atoms with Crippen molar-refractivity contribution in [2.75, 3.05) is 5.73 Å². The van der Waals surface area contributed by atoms with Crippen molar-refractivity contribution in [1.82, 2.24) is 5.16 Å². The minimum atomic E-state index is -0.396. The van der Waals surface area contributed by atoms with Gasteiger partial charge in [-0.15, -0.1) is 0 Å². The van der Waals surface area contributed by atoms with Crippen LogP contribution < -0.4 is 5.73 Å². The highest BCUT2D eigenvalue weighted by molar-refractivity contribution is 9.10. The highest BCUT2D eigenvalue weighted by atomic mass is 79.9. The van der Waals surface area contributed by atoms with Crippen molar-refractivity contribution in [3.63, 3.8) is 0 Å². The minimum absolute atomic E-state index is 0.127. The van der Waals surface area contributed by atoms with E-state index in [0.717, 1.165) is 4.47 Å². The van der Waals surface area contributed by atoms with E-state index in [9.17, 15) is 4.39 Å². The Morgan fingerprint density at radius 1 is 1.14 bits per heavy atom. The number of aromatic nitrogens is 1. The van der Waals surface area contributed by atoms with Crippen molar-refractivity contribution in [2.24, 2.45) is 0 Å². The molecule has 0 radical (unpaired) electrons. The topological polar surface area (TPSA) is 52.0 Å². The Kier molecular flexibility index (Phi) is 3.69. The van der Waals surface area contributed by atoms with Crippen LogP contribution >= 0.6 is 27.5 Å². The van der Waals surface area contributed by atoms with Crippen LogP contribution in [-0.2, 0) is 0 Å². The lowest BCUT2D eigenvalue weighted by Crippen LogP contribution is -1.91. The Balaban J connectivity index is 2.27. The van der Waals surface area contributed by atoms with Crippen molar-refractivity contribution >= 4 is 33.3 Å². The summed E-state index contributed by atoms with van der Waals surface area (Å²) in [6.07, 6.45) is 0. The molecule has 106 valence electrons. The van der Waals surface area contributed by atoms with E-state index in [1.165, 1.54) is 6.07 Å². The molecule has 1 heterocycles. The van der Waals surface area contributed by atoms with E-state index < -0.39 is 5.82 Å². The lowest BCUT2D eigenvalue weighted by molar-refractivity contribution is 0.436. The van der Waals surface area contributed by atoms with Gasteiger partial charge in [0.15, 0.2) is 11.6 Å². The smallest absolute Gasteiger partial charge is 0.178 e. The van der Waals surface area contributed by atoms with Gasteiger partial charge in [-0.3, -0.25) is 0 Å². The molecular weight excluding hydrogens is 359 g/mol. The van der Waals surface area contributed by atoms with Crippen LogP contribution in [0.4, 0.5) is 10.2 Å². The van der Waals surface area contributed by atoms with Crippen LogP contribution in [-0.4, -0.2) is 5.16 Å². The summed E-state index contributed by atoms with van der Waals surface area (Å²) in [4.78, 5) is 0. The van der Waals surface area contributed by atoms with Gasteiger partial charge in [0.25, 0.3) is 0 Å². The minimum Gasteiger partial charge on any atom is -0.380 e. The van der Waals surface area contributed by atoms with E-state index in [0.29, 0.717) is 27.5 Å². The summed E-state index contributed by atoms with van der Waals surface area (Å²) in [5.74, 6) is 0.0979. The van der Waals surface area contributed by atoms with Crippen LogP contribution in [0.15, 0.2) is 51.5 Å². The second-order valence-corrected chi connectivity index (χ2v) is 5.67. The fourth-order valence-electron chi connectivity index (χ4n) is 2.08. The Hall–Kier alpha value is -1.85. The first-order valence-corrected chi connectivity index (χ1v) is 7.20. The monoisotopic (exact) mass is 366 g/mol. The van der Waals surface area contributed by atoms with Gasteiger partial charge in [-0.1, -0.05) is 50.9 Å². The van der Waals surface area contributed by atoms with Gasteiger partial charge < -0.3 is 10.3 Å². The van der Waals surface area contributed by atoms with Crippen LogP contribution in [0.2, 0.25) is 5.02 Å². The number of nitrogen functional groups attached to an aromatic ring is 1. The molecule has 0 amide bonds. The number of nitrogens with two attached hydrogens (primary N) is 1. The number of rotatable bonds is 2. The van der Waals surface area contributed by atoms with Crippen molar-refractivity contribution in [3.8, 4) is 22.5 Å². The maximum atomic E-state index is 14.0. The molecule has 0 saturated carbocycles. The Morgan fingerprint density at radius 2 is 1.90 bits per heavy atom. The summed E-state index contributed by atoms with van der Waals surface area (Å²) in [6.45, 7) is 0. The van der Waals surface area contributed by atoms with Crippen LogP contribution in [0.5, 0.6) is 0 Å². The number of hydrogen-bond acceptors (Lipinski definition) is 3. The molecule has 0 aliphatic heterocycles. The van der Waals surface area contributed by atoms with Crippen molar-refractivity contribution in [1.29, 1.82) is 0 Å². The number of nitrogens with zero attached hydrogens (tertiary/aromatic N) is 1. The predicted octanol–water partition coefficient (Wildman–Crippen LogP) is 5.15. The molecule has 0 bridgehead atoms. The van der Waals surface area contributed by atoms with Gasteiger partial charge in [0.05, 0.1) is 5.56 Å². The van der Waals surface area contributed by atoms with Gasteiger partial charge in [0.1, 0.15) is 5.82 Å².